The van der Waals surface area contributed by atoms with Gasteiger partial charge in [-0.3, -0.25) is 4.79 Å². The number of H-pyrrole nitrogens is 1. The molecule has 26 heavy (non-hydrogen) atoms. The molecule has 9 heteroatoms. The van der Waals surface area contributed by atoms with Crippen LogP contribution in [0.4, 0.5) is 5.82 Å². The van der Waals surface area contributed by atoms with E-state index in [9.17, 15) is 9.59 Å². The molecule has 1 aromatic carbocycles. The maximum atomic E-state index is 12.2. The standard InChI is InChI=1S/C17H14ClN5O3/c1-10(26-13(24)7-4-11-2-5-12(18)6-3-11)17(25)23-16-14-15(20-8-19-14)21-9-22-16/h2-10H,1H3,(H2,19,20,21,22,23,25)/b7-4+. The highest BCUT2D eigenvalue weighted by Crippen LogP contribution is 2.15. The summed E-state index contributed by atoms with van der Waals surface area (Å²) in [6.45, 7) is 1.47. The molecule has 0 saturated heterocycles. The van der Waals surface area contributed by atoms with Gasteiger partial charge in [0.05, 0.1) is 6.33 Å². The monoisotopic (exact) mass is 371 g/mol. The SMILES string of the molecule is CC(OC(=O)/C=C/c1ccc(Cl)cc1)C(=O)Nc1ncnc2nc[nH]c12. The van der Waals surface area contributed by atoms with Crippen molar-refractivity contribution >= 4 is 46.5 Å². The van der Waals surface area contributed by atoms with Gasteiger partial charge in [0.25, 0.3) is 5.91 Å². The van der Waals surface area contributed by atoms with Gasteiger partial charge in [-0.15, -0.1) is 0 Å². The molecule has 3 aromatic rings. The van der Waals surface area contributed by atoms with E-state index in [-0.39, 0.29) is 5.82 Å². The number of aromatic nitrogens is 4. The number of carbonyl (C=O) groups excluding carboxylic acids is 2. The lowest BCUT2D eigenvalue weighted by molar-refractivity contribution is -0.148. The van der Waals surface area contributed by atoms with Crippen LogP contribution >= 0.6 is 11.6 Å². The van der Waals surface area contributed by atoms with Crippen molar-refractivity contribution in [1.82, 2.24) is 19.9 Å². The molecule has 0 aliphatic rings. The molecule has 8 nitrogen and oxygen atoms in total. The lowest BCUT2D eigenvalue weighted by Crippen LogP contribution is -2.29. The summed E-state index contributed by atoms with van der Waals surface area (Å²) in [4.78, 5) is 38.8. The van der Waals surface area contributed by atoms with Crippen LogP contribution in [0, 0.1) is 0 Å². The summed E-state index contributed by atoms with van der Waals surface area (Å²) in [5.41, 5.74) is 1.69. The number of imidazole rings is 1. The summed E-state index contributed by atoms with van der Waals surface area (Å²) in [5.74, 6) is -0.901. The van der Waals surface area contributed by atoms with Crippen molar-refractivity contribution in [3.8, 4) is 0 Å². The third-order valence-electron chi connectivity index (χ3n) is 3.41. The zero-order valence-corrected chi connectivity index (χ0v) is 14.4. The molecule has 2 heterocycles. The highest BCUT2D eigenvalue weighted by Gasteiger charge is 2.18. The van der Waals surface area contributed by atoms with Gasteiger partial charge in [0.15, 0.2) is 17.6 Å². The van der Waals surface area contributed by atoms with Crippen LogP contribution in [0.1, 0.15) is 12.5 Å². The van der Waals surface area contributed by atoms with Gasteiger partial charge in [-0.05, 0) is 30.7 Å². The first-order chi connectivity index (χ1) is 12.5. The molecular formula is C17H14ClN5O3. The van der Waals surface area contributed by atoms with Gasteiger partial charge in [-0.2, -0.15) is 0 Å². The number of anilines is 1. The predicted octanol–water partition coefficient (Wildman–Crippen LogP) is 2.59. The van der Waals surface area contributed by atoms with E-state index in [0.717, 1.165) is 5.56 Å². The van der Waals surface area contributed by atoms with E-state index >= 15 is 0 Å². The highest BCUT2D eigenvalue weighted by atomic mass is 35.5. The summed E-state index contributed by atoms with van der Waals surface area (Å²) < 4.78 is 5.09. The Morgan fingerprint density at radius 2 is 2.00 bits per heavy atom. The number of amides is 1. The van der Waals surface area contributed by atoms with Crippen molar-refractivity contribution in [1.29, 1.82) is 0 Å². The summed E-state index contributed by atoms with van der Waals surface area (Å²) in [5, 5.41) is 3.18. The molecule has 1 amide bonds. The van der Waals surface area contributed by atoms with Gasteiger partial charge in [0, 0.05) is 11.1 Å². The number of aromatic amines is 1. The van der Waals surface area contributed by atoms with E-state index in [1.165, 1.54) is 25.7 Å². The molecule has 0 spiro atoms. The van der Waals surface area contributed by atoms with Crippen LogP contribution in [-0.4, -0.2) is 37.9 Å². The fraction of sp³-hybridized carbons (Fsp3) is 0.118. The Labute approximate surface area is 153 Å². The number of hydrogen-bond donors (Lipinski definition) is 2. The summed E-state index contributed by atoms with van der Waals surface area (Å²) >= 11 is 5.80. The summed E-state index contributed by atoms with van der Waals surface area (Å²) in [6, 6.07) is 6.93. The van der Waals surface area contributed by atoms with E-state index < -0.39 is 18.0 Å². The largest absolute Gasteiger partial charge is 0.449 e. The average molecular weight is 372 g/mol. The Morgan fingerprint density at radius 1 is 1.23 bits per heavy atom. The molecule has 132 valence electrons. The van der Waals surface area contributed by atoms with Crippen LogP contribution in [0.15, 0.2) is 43.0 Å². The number of hydrogen-bond acceptors (Lipinski definition) is 6. The van der Waals surface area contributed by atoms with Crippen LogP contribution in [0.3, 0.4) is 0 Å². The molecule has 2 aromatic heterocycles. The third kappa shape index (κ3) is 4.22. The molecule has 0 fully saturated rings. The van der Waals surface area contributed by atoms with Crippen LogP contribution in [0.25, 0.3) is 17.2 Å². The number of carbonyl (C=O) groups is 2. The maximum Gasteiger partial charge on any atom is 0.331 e. The highest BCUT2D eigenvalue weighted by molar-refractivity contribution is 6.30. The van der Waals surface area contributed by atoms with E-state index in [1.807, 2.05) is 0 Å². The molecule has 3 rings (SSSR count). The lowest BCUT2D eigenvalue weighted by Gasteiger charge is -2.12. The van der Waals surface area contributed by atoms with Gasteiger partial charge in [-0.25, -0.2) is 19.7 Å². The predicted molar refractivity (Wildman–Crippen MR) is 96.4 cm³/mol. The summed E-state index contributed by atoms with van der Waals surface area (Å²) in [7, 11) is 0. The van der Waals surface area contributed by atoms with Crippen molar-refractivity contribution < 1.29 is 14.3 Å². The zero-order chi connectivity index (χ0) is 18.5. The molecule has 1 unspecified atom stereocenters. The number of rotatable bonds is 5. The fourth-order valence-corrected chi connectivity index (χ4v) is 2.21. The number of fused-ring (bicyclic) bond motifs is 1. The minimum atomic E-state index is -1.01. The molecule has 2 N–H and O–H groups in total. The number of nitrogens with zero attached hydrogens (tertiary/aromatic N) is 3. The Morgan fingerprint density at radius 3 is 2.77 bits per heavy atom. The van der Waals surface area contributed by atoms with E-state index in [2.05, 4.69) is 25.3 Å². The molecule has 0 saturated carbocycles. The van der Waals surface area contributed by atoms with Gasteiger partial charge in [0.2, 0.25) is 0 Å². The molecule has 0 bridgehead atoms. The topological polar surface area (TPSA) is 110 Å². The number of nitrogens with one attached hydrogen (secondary N) is 2. The lowest BCUT2D eigenvalue weighted by atomic mass is 10.2. The van der Waals surface area contributed by atoms with Crippen molar-refractivity contribution in [2.24, 2.45) is 0 Å². The fourth-order valence-electron chi connectivity index (χ4n) is 2.08. The Bertz CT molecular complexity index is 968. The van der Waals surface area contributed by atoms with Gasteiger partial charge >= 0.3 is 5.97 Å². The average Bonchev–Trinajstić information content (AvgIpc) is 3.11. The Kier molecular flexibility index (Phi) is 5.23. The first kappa shape index (κ1) is 17.6. The van der Waals surface area contributed by atoms with Gasteiger partial charge < -0.3 is 15.0 Å². The second-order valence-corrected chi connectivity index (χ2v) is 5.71. The van der Waals surface area contributed by atoms with Crippen LogP contribution < -0.4 is 5.32 Å². The van der Waals surface area contributed by atoms with Gasteiger partial charge in [-0.1, -0.05) is 23.7 Å². The number of benzene rings is 1. The maximum absolute atomic E-state index is 12.2. The zero-order valence-electron chi connectivity index (χ0n) is 13.6. The van der Waals surface area contributed by atoms with Gasteiger partial charge in [0.1, 0.15) is 11.8 Å². The molecule has 0 aliphatic carbocycles. The van der Waals surface area contributed by atoms with Crippen LogP contribution in [0.5, 0.6) is 0 Å². The number of esters is 1. The molecular weight excluding hydrogens is 358 g/mol. The first-order valence-corrected chi connectivity index (χ1v) is 8.00. The van der Waals surface area contributed by atoms with Crippen molar-refractivity contribution in [3.05, 3.63) is 53.6 Å². The Hall–Kier alpha value is -3.26. The number of ether oxygens (including phenoxy) is 1. The second kappa shape index (κ2) is 7.75. The molecule has 1 atom stereocenters. The van der Waals surface area contributed by atoms with Crippen molar-refractivity contribution in [3.63, 3.8) is 0 Å². The summed E-state index contributed by atoms with van der Waals surface area (Å²) in [6.07, 6.45) is 4.53. The van der Waals surface area contributed by atoms with E-state index in [0.29, 0.717) is 16.2 Å². The second-order valence-electron chi connectivity index (χ2n) is 5.28. The minimum absolute atomic E-state index is 0.261. The van der Waals surface area contributed by atoms with Crippen molar-refractivity contribution in [2.45, 2.75) is 13.0 Å². The third-order valence-corrected chi connectivity index (χ3v) is 3.66. The molecule has 0 radical (unpaired) electrons. The molecule has 0 aliphatic heterocycles. The van der Waals surface area contributed by atoms with Crippen LogP contribution in [0.2, 0.25) is 5.02 Å². The van der Waals surface area contributed by atoms with E-state index in [1.54, 1.807) is 30.3 Å². The van der Waals surface area contributed by atoms with Crippen molar-refractivity contribution in [2.75, 3.05) is 5.32 Å². The quantitative estimate of drug-likeness (QED) is 0.527. The number of halogens is 1. The normalized spacial score (nSPS) is 12.2. The Balaban J connectivity index is 1.59. The van der Waals surface area contributed by atoms with E-state index in [4.69, 9.17) is 16.3 Å². The van der Waals surface area contributed by atoms with Crippen LogP contribution in [-0.2, 0) is 14.3 Å². The smallest absolute Gasteiger partial charge is 0.331 e. The minimum Gasteiger partial charge on any atom is -0.449 e. The first-order valence-electron chi connectivity index (χ1n) is 7.62.